The van der Waals surface area contributed by atoms with Gasteiger partial charge in [-0.15, -0.1) is 11.3 Å². The molecule has 0 spiro atoms. The number of para-hydroxylation sites is 1. The van der Waals surface area contributed by atoms with E-state index in [1.54, 1.807) is 6.20 Å². The van der Waals surface area contributed by atoms with E-state index in [9.17, 15) is 14.9 Å². The highest BCUT2D eigenvalue weighted by atomic mass is 32.1. The number of aryl methyl sites for hydroxylation is 1. The van der Waals surface area contributed by atoms with Gasteiger partial charge >= 0.3 is 0 Å². The predicted octanol–water partition coefficient (Wildman–Crippen LogP) is 1.87. The number of amides is 1. The third kappa shape index (κ3) is 2.91. The number of nitro benzene ring substituents is 1. The van der Waals surface area contributed by atoms with Crippen molar-refractivity contribution in [3.05, 3.63) is 50.0 Å². The quantitative estimate of drug-likeness (QED) is 0.507. The third-order valence-corrected chi connectivity index (χ3v) is 3.51. The first-order valence-electron chi connectivity index (χ1n) is 5.71. The van der Waals surface area contributed by atoms with Gasteiger partial charge in [-0.05, 0) is 13.0 Å². The van der Waals surface area contributed by atoms with Gasteiger partial charge in [0.1, 0.15) is 10.7 Å². The van der Waals surface area contributed by atoms with Crippen LogP contribution in [0.2, 0.25) is 0 Å². The number of nitrogen functional groups attached to an aromatic ring is 1. The van der Waals surface area contributed by atoms with Crippen molar-refractivity contribution in [1.82, 2.24) is 10.3 Å². The predicted molar refractivity (Wildman–Crippen MR) is 75.5 cm³/mol. The van der Waals surface area contributed by atoms with Gasteiger partial charge in [-0.25, -0.2) is 4.98 Å². The van der Waals surface area contributed by atoms with Crippen LogP contribution in [0.15, 0.2) is 24.4 Å². The normalized spacial score (nSPS) is 10.2. The first-order chi connectivity index (χ1) is 9.49. The van der Waals surface area contributed by atoms with Gasteiger partial charge < -0.3 is 11.1 Å². The number of rotatable bonds is 4. The molecule has 0 unspecified atom stereocenters. The molecule has 2 rings (SSSR count). The lowest BCUT2D eigenvalue weighted by Gasteiger charge is -2.06. The molecule has 0 aliphatic heterocycles. The maximum atomic E-state index is 12.0. The summed E-state index contributed by atoms with van der Waals surface area (Å²) in [7, 11) is 0. The van der Waals surface area contributed by atoms with E-state index in [0.29, 0.717) is 0 Å². The Kier molecular flexibility index (Phi) is 3.94. The number of carbonyl (C=O) groups excluding carboxylic acids is 1. The summed E-state index contributed by atoms with van der Waals surface area (Å²) in [5.41, 5.74) is 5.32. The number of benzene rings is 1. The van der Waals surface area contributed by atoms with Crippen LogP contribution in [0.25, 0.3) is 0 Å². The standard InChI is InChI=1S/C12H12N4O3S/c1-7-5-14-10(20-7)6-15-12(17)8-3-2-4-9(11(8)13)16(18)19/h2-5H,6,13H2,1H3,(H,15,17). The molecular weight excluding hydrogens is 280 g/mol. The SMILES string of the molecule is Cc1cnc(CNC(=O)c2cccc([N+](=O)[O-])c2N)s1. The molecule has 8 heteroatoms. The molecule has 1 aromatic carbocycles. The number of nitrogens with two attached hydrogens (primary N) is 1. The van der Waals surface area contributed by atoms with Gasteiger partial charge in [-0.1, -0.05) is 6.07 Å². The molecule has 0 atom stereocenters. The van der Waals surface area contributed by atoms with Crippen molar-refractivity contribution in [2.75, 3.05) is 5.73 Å². The summed E-state index contributed by atoms with van der Waals surface area (Å²) in [6, 6.07) is 4.14. The van der Waals surface area contributed by atoms with Crippen molar-refractivity contribution in [2.24, 2.45) is 0 Å². The van der Waals surface area contributed by atoms with Crippen molar-refractivity contribution in [3.8, 4) is 0 Å². The van der Waals surface area contributed by atoms with E-state index in [1.807, 2.05) is 6.92 Å². The van der Waals surface area contributed by atoms with E-state index < -0.39 is 10.8 Å². The fraction of sp³-hybridized carbons (Fsp3) is 0.167. The Morgan fingerprint density at radius 2 is 2.30 bits per heavy atom. The smallest absolute Gasteiger partial charge is 0.292 e. The molecule has 104 valence electrons. The van der Waals surface area contributed by atoms with Crippen molar-refractivity contribution in [2.45, 2.75) is 13.5 Å². The minimum Gasteiger partial charge on any atom is -0.393 e. The third-order valence-electron chi connectivity index (χ3n) is 2.59. The fourth-order valence-corrected chi connectivity index (χ4v) is 2.37. The zero-order valence-electron chi connectivity index (χ0n) is 10.6. The van der Waals surface area contributed by atoms with Crippen molar-refractivity contribution in [1.29, 1.82) is 0 Å². The van der Waals surface area contributed by atoms with Crippen LogP contribution in [-0.4, -0.2) is 15.8 Å². The Labute approximate surface area is 118 Å². The Hall–Kier alpha value is -2.48. The van der Waals surface area contributed by atoms with Crippen LogP contribution in [0.5, 0.6) is 0 Å². The van der Waals surface area contributed by atoms with Crippen molar-refractivity contribution in [3.63, 3.8) is 0 Å². The fourth-order valence-electron chi connectivity index (χ4n) is 1.64. The first-order valence-corrected chi connectivity index (χ1v) is 6.53. The molecule has 0 saturated heterocycles. The highest BCUT2D eigenvalue weighted by Crippen LogP contribution is 2.24. The molecule has 0 aliphatic rings. The molecule has 0 aliphatic carbocycles. The van der Waals surface area contributed by atoms with E-state index in [1.165, 1.54) is 29.5 Å². The summed E-state index contributed by atoms with van der Waals surface area (Å²) in [6.45, 7) is 2.18. The molecule has 0 saturated carbocycles. The van der Waals surface area contributed by atoms with Gasteiger partial charge in [-0.3, -0.25) is 14.9 Å². The molecule has 20 heavy (non-hydrogen) atoms. The summed E-state index contributed by atoms with van der Waals surface area (Å²) >= 11 is 1.47. The number of anilines is 1. The molecule has 2 aromatic rings. The number of aromatic nitrogens is 1. The van der Waals surface area contributed by atoms with Crippen LogP contribution < -0.4 is 11.1 Å². The summed E-state index contributed by atoms with van der Waals surface area (Å²) < 4.78 is 0. The lowest BCUT2D eigenvalue weighted by molar-refractivity contribution is -0.383. The van der Waals surface area contributed by atoms with Gasteiger partial charge in [0.05, 0.1) is 17.0 Å². The number of thiazole rings is 1. The lowest BCUT2D eigenvalue weighted by Crippen LogP contribution is -2.24. The van der Waals surface area contributed by atoms with Crippen LogP contribution in [0, 0.1) is 17.0 Å². The molecule has 0 radical (unpaired) electrons. The Morgan fingerprint density at radius 3 is 2.90 bits per heavy atom. The van der Waals surface area contributed by atoms with Gasteiger partial charge in [-0.2, -0.15) is 0 Å². The number of nitro groups is 1. The highest BCUT2D eigenvalue weighted by molar-refractivity contribution is 7.11. The van der Waals surface area contributed by atoms with Gasteiger partial charge in [0.2, 0.25) is 0 Å². The summed E-state index contributed by atoms with van der Waals surface area (Å²) in [5, 5.41) is 14.2. The van der Waals surface area contributed by atoms with Crippen molar-refractivity contribution >= 4 is 28.6 Å². The van der Waals surface area contributed by atoms with Crippen LogP contribution >= 0.6 is 11.3 Å². The minimum absolute atomic E-state index is 0.0903. The summed E-state index contributed by atoms with van der Waals surface area (Å²) in [5.74, 6) is -0.459. The van der Waals surface area contributed by atoms with Gasteiger partial charge in [0.25, 0.3) is 11.6 Å². The van der Waals surface area contributed by atoms with Crippen molar-refractivity contribution < 1.29 is 9.72 Å². The van der Waals surface area contributed by atoms with Crippen LogP contribution in [0.1, 0.15) is 20.2 Å². The second kappa shape index (κ2) is 5.66. The van der Waals surface area contributed by atoms with E-state index in [4.69, 9.17) is 5.73 Å². The highest BCUT2D eigenvalue weighted by Gasteiger charge is 2.18. The van der Waals surface area contributed by atoms with Crippen LogP contribution in [-0.2, 0) is 6.54 Å². The van der Waals surface area contributed by atoms with Gasteiger partial charge in [0.15, 0.2) is 0 Å². The number of hydrogen-bond donors (Lipinski definition) is 2. The molecule has 7 nitrogen and oxygen atoms in total. The average molecular weight is 292 g/mol. The minimum atomic E-state index is -0.615. The molecule has 1 heterocycles. The Balaban J connectivity index is 2.13. The monoisotopic (exact) mass is 292 g/mol. The van der Waals surface area contributed by atoms with Gasteiger partial charge in [0, 0.05) is 17.1 Å². The molecule has 1 amide bonds. The van der Waals surface area contributed by atoms with E-state index in [2.05, 4.69) is 10.3 Å². The molecule has 1 aromatic heterocycles. The Morgan fingerprint density at radius 1 is 1.55 bits per heavy atom. The zero-order valence-corrected chi connectivity index (χ0v) is 11.4. The number of nitrogens with one attached hydrogen (secondary N) is 1. The second-order valence-corrected chi connectivity index (χ2v) is 5.36. The van der Waals surface area contributed by atoms with E-state index in [0.717, 1.165) is 9.88 Å². The number of hydrogen-bond acceptors (Lipinski definition) is 6. The molecule has 0 fully saturated rings. The molecule has 0 bridgehead atoms. The number of carbonyl (C=O) groups is 1. The van der Waals surface area contributed by atoms with Crippen LogP contribution in [0.4, 0.5) is 11.4 Å². The topological polar surface area (TPSA) is 111 Å². The Bertz CT molecular complexity index is 668. The first kappa shape index (κ1) is 13.9. The molecular formula is C12H12N4O3S. The maximum absolute atomic E-state index is 12.0. The largest absolute Gasteiger partial charge is 0.393 e. The number of nitrogens with zero attached hydrogens (tertiary/aromatic N) is 2. The summed E-state index contributed by atoms with van der Waals surface area (Å²) in [6.07, 6.45) is 1.72. The summed E-state index contributed by atoms with van der Waals surface area (Å²) in [4.78, 5) is 27.3. The van der Waals surface area contributed by atoms with Crippen LogP contribution in [0.3, 0.4) is 0 Å². The van der Waals surface area contributed by atoms with E-state index >= 15 is 0 Å². The lowest BCUT2D eigenvalue weighted by atomic mass is 10.1. The average Bonchev–Trinajstić information content (AvgIpc) is 2.81. The van der Waals surface area contributed by atoms with E-state index in [-0.39, 0.29) is 23.5 Å². The second-order valence-electron chi connectivity index (χ2n) is 4.04. The maximum Gasteiger partial charge on any atom is 0.292 e. The zero-order chi connectivity index (χ0) is 14.7. The molecule has 3 N–H and O–H groups in total.